The molecule has 0 atom stereocenters. The highest BCUT2D eigenvalue weighted by molar-refractivity contribution is 6.76. The van der Waals surface area contributed by atoms with Gasteiger partial charge in [0.2, 0.25) is 0 Å². The van der Waals surface area contributed by atoms with Crippen LogP contribution in [0.15, 0.2) is 12.1 Å². The molecule has 23 heavy (non-hydrogen) atoms. The van der Waals surface area contributed by atoms with Crippen molar-refractivity contribution in [3.05, 3.63) is 28.8 Å². The Labute approximate surface area is 140 Å². The van der Waals surface area contributed by atoms with Gasteiger partial charge < -0.3 is 14.0 Å². The zero-order chi connectivity index (χ0) is 17.2. The van der Waals surface area contributed by atoms with Crippen molar-refractivity contribution >= 4 is 36.7 Å². The van der Waals surface area contributed by atoms with Crippen LogP contribution in [0.4, 0.5) is 4.39 Å². The van der Waals surface area contributed by atoms with E-state index in [0.29, 0.717) is 17.6 Å². The first-order valence-corrected chi connectivity index (χ1v) is 11.3. The van der Waals surface area contributed by atoms with Crippen LogP contribution < -0.4 is 0 Å². The summed E-state index contributed by atoms with van der Waals surface area (Å²) in [6, 6.07) is 3.77. The van der Waals surface area contributed by atoms with Gasteiger partial charge in [-0.2, -0.15) is 0 Å². The highest BCUT2D eigenvalue weighted by Gasteiger charge is 2.19. The smallest absolute Gasteiger partial charge is 0.354 e. The van der Waals surface area contributed by atoms with E-state index in [2.05, 4.69) is 24.6 Å². The van der Waals surface area contributed by atoms with Crippen molar-refractivity contribution in [2.45, 2.75) is 32.4 Å². The van der Waals surface area contributed by atoms with Crippen molar-refractivity contribution < 1.29 is 18.7 Å². The summed E-state index contributed by atoms with van der Waals surface area (Å²) in [7, 11) is 0.0817. The molecule has 0 radical (unpaired) electrons. The van der Waals surface area contributed by atoms with E-state index in [1.54, 1.807) is 4.57 Å². The predicted octanol–water partition coefficient (Wildman–Crippen LogP) is 3.93. The number of fused-ring (bicyclic) bond motifs is 1. The molecular formula is C15H20ClFN2O3Si. The number of hydrogen-bond donors (Lipinski definition) is 0. The number of halogens is 2. The number of methoxy groups -OCH3 is 1. The number of carbonyl (C=O) groups is 1. The zero-order valence-corrected chi connectivity index (χ0v) is 15.4. The first-order chi connectivity index (χ1) is 10.7. The molecule has 0 spiro atoms. The zero-order valence-electron chi connectivity index (χ0n) is 13.7. The SMILES string of the molecule is COC(=O)c1cc2nc(Cl)c(F)cc2n1COCC[Si](C)(C)C. The molecule has 0 bridgehead atoms. The fourth-order valence-electron chi connectivity index (χ4n) is 2.08. The third-order valence-electron chi connectivity index (χ3n) is 3.41. The molecule has 2 rings (SSSR count). The Morgan fingerprint density at radius 2 is 2.09 bits per heavy atom. The van der Waals surface area contributed by atoms with Gasteiger partial charge in [-0.3, -0.25) is 0 Å². The van der Waals surface area contributed by atoms with Gasteiger partial charge in [-0.15, -0.1) is 0 Å². The first-order valence-electron chi connectivity index (χ1n) is 7.24. The van der Waals surface area contributed by atoms with Gasteiger partial charge in [0.15, 0.2) is 11.0 Å². The second-order valence-corrected chi connectivity index (χ2v) is 12.4. The molecule has 0 fully saturated rings. The third kappa shape index (κ3) is 4.30. The van der Waals surface area contributed by atoms with Crippen LogP contribution in [0.1, 0.15) is 10.5 Å². The Morgan fingerprint density at radius 3 is 2.70 bits per heavy atom. The number of esters is 1. The lowest BCUT2D eigenvalue weighted by atomic mass is 10.3. The summed E-state index contributed by atoms with van der Waals surface area (Å²) in [5, 5.41) is -0.231. The van der Waals surface area contributed by atoms with Crippen LogP contribution in [0.25, 0.3) is 11.0 Å². The highest BCUT2D eigenvalue weighted by Crippen LogP contribution is 2.24. The highest BCUT2D eigenvalue weighted by atomic mass is 35.5. The van der Waals surface area contributed by atoms with E-state index < -0.39 is 19.9 Å². The molecule has 8 heteroatoms. The van der Waals surface area contributed by atoms with Crippen molar-refractivity contribution in [1.82, 2.24) is 9.55 Å². The molecule has 2 aromatic rings. The van der Waals surface area contributed by atoms with Crippen molar-refractivity contribution in [2.24, 2.45) is 0 Å². The molecule has 2 aromatic heterocycles. The molecule has 0 aromatic carbocycles. The second kappa shape index (κ2) is 6.98. The lowest BCUT2D eigenvalue weighted by molar-refractivity contribution is 0.0546. The Balaban J connectivity index is 2.31. The average Bonchev–Trinajstić information content (AvgIpc) is 2.80. The molecule has 5 nitrogen and oxygen atoms in total. The molecule has 126 valence electrons. The molecule has 0 aliphatic carbocycles. The van der Waals surface area contributed by atoms with Crippen LogP contribution in [-0.4, -0.2) is 37.3 Å². The number of rotatable bonds is 6. The summed E-state index contributed by atoms with van der Waals surface area (Å²) in [5.74, 6) is -1.18. The van der Waals surface area contributed by atoms with Crippen molar-refractivity contribution in [3.8, 4) is 0 Å². The monoisotopic (exact) mass is 358 g/mol. The molecular weight excluding hydrogens is 339 g/mol. The average molecular weight is 359 g/mol. The van der Waals surface area contributed by atoms with E-state index in [0.717, 1.165) is 6.04 Å². The lowest BCUT2D eigenvalue weighted by Gasteiger charge is -2.16. The van der Waals surface area contributed by atoms with Crippen molar-refractivity contribution in [3.63, 3.8) is 0 Å². The molecule has 0 N–H and O–H groups in total. The van der Waals surface area contributed by atoms with Gasteiger partial charge in [0.1, 0.15) is 12.4 Å². The van der Waals surface area contributed by atoms with E-state index >= 15 is 0 Å². The lowest BCUT2D eigenvalue weighted by Crippen LogP contribution is -2.22. The second-order valence-electron chi connectivity index (χ2n) is 6.46. The summed E-state index contributed by atoms with van der Waals surface area (Å²) in [5.41, 5.74) is 1.12. The van der Waals surface area contributed by atoms with Gasteiger partial charge in [-0.05, 0) is 12.1 Å². The Bertz CT molecular complexity index is 728. The maximum atomic E-state index is 13.7. The summed E-state index contributed by atoms with van der Waals surface area (Å²) < 4.78 is 25.7. The fourth-order valence-corrected chi connectivity index (χ4v) is 2.98. The number of pyridine rings is 1. The Hall–Kier alpha value is -1.44. The molecule has 0 saturated heterocycles. The summed E-state index contributed by atoms with van der Waals surface area (Å²) in [4.78, 5) is 15.9. The number of aromatic nitrogens is 2. The van der Waals surface area contributed by atoms with E-state index in [-0.39, 0.29) is 17.6 Å². The van der Waals surface area contributed by atoms with Gasteiger partial charge in [-0.1, -0.05) is 31.2 Å². The number of hydrogen-bond acceptors (Lipinski definition) is 4. The number of nitrogens with zero attached hydrogens (tertiary/aromatic N) is 2. The molecule has 0 saturated carbocycles. The summed E-state index contributed by atoms with van der Waals surface area (Å²) in [6.45, 7) is 7.47. The minimum absolute atomic E-state index is 0.126. The molecule has 0 aliphatic heterocycles. The largest absolute Gasteiger partial charge is 0.464 e. The minimum Gasteiger partial charge on any atom is -0.464 e. The van der Waals surface area contributed by atoms with Crippen LogP contribution in [-0.2, 0) is 16.2 Å². The van der Waals surface area contributed by atoms with Crippen molar-refractivity contribution in [1.29, 1.82) is 0 Å². The van der Waals surface area contributed by atoms with Crippen LogP contribution in [0, 0.1) is 5.82 Å². The summed E-state index contributed by atoms with van der Waals surface area (Å²) >= 11 is 5.70. The molecule has 0 aliphatic rings. The predicted molar refractivity (Wildman–Crippen MR) is 90.1 cm³/mol. The quantitative estimate of drug-likeness (QED) is 0.340. The van der Waals surface area contributed by atoms with Gasteiger partial charge in [0.05, 0.1) is 18.1 Å². The van der Waals surface area contributed by atoms with Crippen LogP contribution in [0.2, 0.25) is 30.8 Å². The fraction of sp³-hybridized carbons (Fsp3) is 0.467. The van der Waals surface area contributed by atoms with Crippen LogP contribution in [0.5, 0.6) is 0 Å². The first kappa shape index (κ1) is 17.9. The normalized spacial score (nSPS) is 11.9. The molecule has 0 amide bonds. The maximum absolute atomic E-state index is 13.7. The van der Waals surface area contributed by atoms with Gasteiger partial charge >= 0.3 is 5.97 Å². The third-order valence-corrected chi connectivity index (χ3v) is 5.38. The standard InChI is InChI=1S/C15H20ClFN2O3Si/c1-21-15(20)13-8-11-12(7-10(17)14(16)18-11)19(13)9-22-5-6-23(2,3)4/h7-8H,5-6,9H2,1-4H3. The molecule has 2 heterocycles. The number of ether oxygens (including phenoxy) is 2. The van der Waals surface area contributed by atoms with Crippen LogP contribution >= 0.6 is 11.6 Å². The van der Waals surface area contributed by atoms with E-state index in [1.807, 2.05) is 0 Å². The minimum atomic E-state index is -1.21. The Kier molecular flexibility index (Phi) is 5.44. The van der Waals surface area contributed by atoms with Gasteiger partial charge in [-0.25, -0.2) is 14.2 Å². The maximum Gasteiger partial charge on any atom is 0.354 e. The number of carbonyl (C=O) groups excluding carboxylic acids is 1. The van der Waals surface area contributed by atoms with Gasteiger partial charge in [0.25, 0.3) is 0 Å². The summed E-state index contributed by atoms with van der Waals surface area (Å²) in [6.07, 6.45) is 0. The Morgan fingerprint density at radius 1 is 1.39 bits per heavy atom. The molecule has 0 unspecified atom stereocenters. The van der Waals surface area contributed by atoms with E-state index in [4.69, 9.17) is 21.1 Å². The topological polar surface area (TPSA) is 53.3 Å². The van der Waals surface area contributed by atoms with Crippen molar-refractivity contribution in [2.75, 3.05) is 13.7 Å². The van der Waals surface area contributed by atoms with E-state index in [1.165, 1.54) is 19.2 Å². The van der Waals surface area contributed by atoms with Crippen LogP contribution in [0.3, 0.4) is 0 Å². The van der Waals surface area contributed by atoms with E-state index in [9.17, 15) is 9.18 Å². The van der Waals surface area contributed by atoms with Gasteiger partial charge in [0, 0.05) is 20.7 Å².